The monoisotopic (exact) mass is 619 g/mol. The first-order valence-electron chi connectivity index (χ1n) is 14.1. The molecular weight excluding hydrogens is 586 g/mol. The molecule has 3 aromatic carbocycles. The fraction of sp³-hybridized carbons (Fsp3) is 0.323. The second kappa shape index (κ2) is 14.4. The molecule has 1 fully saturated rings. The standard InChI is InChI=1S/C31H33N5O7S/c1-19-26(18-44-31-33-34-35-36(31)24-13-15-25(38)16-14-24)42-30(43-29(19)21-7-5-20(17-37)6-8-21)22-9-11-23(12-10-22)32-27(39)3-2-4-28(40)41/h5-16,19,26,29-30,37-38H,2-4,17-18H2,1H3,(H,32,39)(H,40,41)/t19-,26+,29+,30+/m0/s1. The van der Waals surface area contributed by atoms with Crippen molar-refractivity contribution >= 4 is 29.3 Å². The third-order valence-electron chi connectivity index (χ3n) is 7.30. The minimum absolute atomic E-state index is 0.0510. The molecule has 44 heavy (non-hydrogen) atoms. The smallest absolute Gasteiger partial charge is 0.303 e. The van der Waals surface area contributed by atoms with Crippen LogP contribution in [0.4, 0.5) is 5.69 Å². The highest BCUT2D eigenvalue weighted by molar-refractivity contribution is 7.99. The molecule has 0 spiro atoms. The van der Waals surface area contributed by atoms with Crippen LogP contribution in [-0.4, -0.2) is 59.3 Å². The van der Waals surface area contributed by atoms with Gasteiger partial charge in [-0.1, -0.05) is 55.1 Å². The molecule has 0 saturated carbocycles. The Morgan fingerprint density at radius 3 is 2.34 bits per heavy atom. The zero-order chi connectivity index (χ0) is 31.1. The van der Waals surface area contributed by atoms with Gasteiger partial charge < -0.3 is 30.1 Å². The Bertz CT molecular complexity index is 1550. The topological polar surface area (TPSA) is 169 Å². The quantitative estimate of drug-likeness (QED) is 0.163. The van der Waals surface area contributed by atoms with Crippen molar-refractivity contribution in [3.05, 3.63) is 89.5 Å². The SMILES string of the molecule is C[C@H]1[C@@H](CSc2nnnn2-c2ccc(O)cc2)O[C@@H](c2ccc(NC(=O)CCCC(=O)O)cc2)O[C@H]1c1ccc(CO)cc1. The van der Waals surface area contributed by atoms with Crippen molar-refractivity contribution in [3.8, 4) is 11.4 Å². The fourth-order valence-electron chi connectivity index (χ4n) is 4.84. The number of carboxylic acid groups (broad SMARTS) is 1. The lowest BCUT2D eigenvalue weighted by atomic mass is 9.91. The number of aromatic nitrogens is 4. The molecule has 0 aliphatic carbocycles. The molecule has 13 heteroatoms. The highest BCUT2D eigenvalue weighted by atomic mass is 32.2. The third kappa shape index (κ3) is 7.80. The van der Waals surface area contributed by atoms with Gasteiger partial charge in [0.05, 0.1) is 24.5 Å². The minimum atomic E-state index is -0.931. The summed E-state index contributed by atoms with van der Waals surface area (Å²) in [5.74, 6) is -0.568. The fourth-order valence-corrected chi connectivity index (χ4v) is 5.89. The predicted molar refractivity (Wildman–Crippen MR) is 161 cm³/mol. The van der Waals surface area contributed by atoms with E-state index < -0.39 is 12.3 Å². The molecule has 1 aliphatic heterocycles. The van der Waals surface area contributed by atoms with E-state index in [1.165, 1.54) is 11.8 Å². The maximum absolute atomic E-state index is 12.2. The van der Waals surface area contributed by atoms with Crippen LogP contribution in [0, 0.1) is 5.92 Å². The van der Waals surface area contributed by atoms with E-state index in [0.29, 0.717) is 22.3 Å². The Hall–Kier alpha value is -4.30. The third-order valence-corrected chi connectivity index (χ3v) is 8.30. The lowest BCUT2D eigenvalue weighted by molar-refractivity contribution is -0.268. The molecule has 1 amide bonds. The zero-order valence-corrected chi connectivity index (χ0v) is 24.8. The average molecular weight is 620 g/mol. The van der Waals surface area contributed by atoms with Crippen LogP contribution in [0.5, 0.6) is 5.75 Å². The van der Waals surface area contributed by atoms with Gasteiger partial charge in [0.25, 0.3) is 0 Å². The average Bonchev–Trinajstić information content (AvgIpc) is 3.50. The summed E-state index contributed by atoms with van der Waals surface area (Å²) in [6.07, 6.45) is -0.951. The van der Waals surface area contributed by atoms with Crippen LogP contribution in [0.25, 0.3) is 5.69 Å². The van der Waals surface area contributed by atoms with Crippen LogP contribution in [0.15, 0.2) is 78.0 Å². The van der Waals surface area contributed by atoms with E-state index in [1.807, 2.05) is 36.4 Å². The van der Waals surface area contributed by atoms with E-state index in [-0.39, 0.29) is 55.7 Å². The normalized spacial score (nSPS) is 19.9. The van der Waals surface area contributed by atoms with Crippen LogP contribution in [0.3, 0.4) is 0 Å². The number of aromatic hydroxyl groups is 1. The molecule has 0 radical (unpaired) electrons. The molecule has 12 nitrogen and oxygen atoms in total. The Kier molecular flexibility index (Phi) is 10.2. The Morgan fingerprint density at radius 1 is 0.955 bits per heavy atom. The number of carboxylic acids is 1. The number of carbonyl (C=O) groups is 2. The molecule has 4 atom stereocenters. The molecule has 0 unspecified atom stereocenters. The molecular formula is C31H33N5O7S. The number of tetrazole rings is 1. The van der Waals surface area contributed by atoms with Gasteiger partial charge in [0.2, 0.25) is 11.1 Å². The summed E-state index contributed by atoms with van der Waals surface area (Å²) in [7, 11) is 0. The van der Waals surface area contributed by atoms with Crippen molar-refractivity contribution in [1.29, 1.82) is 0 Å². The van der Waals surface area contributed by atoms with Crippen molar-refractivity contribution in [3.63, 3.8) is 0 Å². The van der Waals surface area contributed by atoms with Gasteiger partial charge in [-0.2, -0.15) is 4.68 Å². The number of aliphatic hydroxyl groups is 1. The summed E-state index contributed by atoms with van der Waals surface area (Å²) in [5.41, 5.74) is 3.82. The molecule has 4 N–H and O–H groups in total. The lowest BCUT2D eigenvalue weighted by Crippen LogP contribution is -2.38. The second-order valence-corrected chi connectivity index (χ2v) is 11.4. The van der Waals surface area contributed by atoms with Crippen molar-refractivity contribution in [2.24, 2.45) is 5.92 Å². The van der Waals surface area contributed by atoms with Crippen molar-refractivity contribution in [1.82, 2.24) is 20.2 Å². The summed E-state index contributed by atoms with van der Waals surface area (Å²) >= 11 is 1.45. The van der Waals surface area contributed by atoms with E-state index in [4.69, 9.17) is 14.6 Å². The molecule has 1 aromatic heterocycles. The number of phenolic OH excluding ortho intramolecular Hbond substituents is 1. The number of ether oxygens (including phenoxy) is 2. The summed E-state index contributed by atoms with van der Waals surface area (Å²) < 4.78 is 14.6. The number of nitrogens with one attached hydrogen (secondary N) is 1. The first-order valence-corrected chi connectivity index (χ1v) is 15.1. The Balaban J connectivity index is 1.32. The van der Waals surface area contributed by atoms with E-state index in [0.717, 1.165) is 16.7 Å². The highest BCUT2D eigenvalue weighted by Crippen LogP contribution is 2.43. The first-order chi connectivity index (χ1) is 21.3. The lowest BCUT2D eigenvalue weighted by Gasteiger charge is -2.41. The van der Waals surface area contributed by atoms with E-state index in [2.05, 4.69) is 27.8 Å². The van der Waals surface area contributed by atoms with Gasteiger partial charge in [-0.15, -0.1) is 5.10 Å². The molecule has 2 heterocycles. The summed E-state index contributed by atoms with van der Waals surface area (Å²) in [4.78, 5) is 22.9. The number of phenols is 1. The number of aliphatic hydroxyl groups excluding tert-OH is 1. The van der Waals surface area contributed by atoms with Crippen LogP contribution in [0.2, 0.25) is 0 Å². The molecule has 4 aromatic rings. The van der Waals surface area contributed by atoms with Gasteiger partial charge >= 0.3 is 5.97 Å². The van der Waals surface area contributed by atoms with Crippen molar-refractivity contribution in [2.45, 2.75) is 56.4 Å². The molecule has 0 bridgehead atoms. The van der Waals surface area contributed by atoms with E-state index >= 15 is 0 Å². The Morgan fingerprint density at radius 2 is 1.66 bits per heavy atom. The second-order valence-electron chi connectivity index (χ2n) is 10.4. The predicted octanol–water partition coefficient (Wildman–Crippen LogP) is 4.64. The van der Waals surface area contributed by atoms with Crippen LogP contribution < -0.4 is 5.32 Å². The largest absolute Gasteiger partial charge is 0.508 e. The highest BCUT2D eigenvalue weighted by Gasteiger charge is 2.38. The first kappa shape index (κ1) is 31.1. The number of hydrogen-bond acceptors (Lipinski definition) is 10. The van der Waals surface area contributed by atoms with Crippen LogP contribution >= 0.6 is 11.8 Å². The van der Waals surface area contributed by atoms with Gasteiger partial charge in [-0.05, 0) is 64.4 Å². The molecule has 5 rings (SSSR count). The maximum Gasteiger partial charge on any atom is 0.303 e. The molecule has 230 valence electrons. The van der Waals surface area contributed by atoms with Gasteiger partial charge in [0.15, 0.2) is 6.29 Å². The van der Waals surface area contributed by atoms with E-state index in [9.17, 15) is 19.8 Å². The molecule has 1 aliphatic rings. The minimum Gasteiger partial charge on any atom is -0.508 e. The number of thioether (sulfide) groups is 1. The number of benzene rings is 3. The zero-order valence-electron chi connectivity index (χ0n) is 23.9. The number of hydrogen-bond donors (Lipinski definition) is 4. The summed E-state index contributed by atoms with van der Waals surface area (Å²) in [5, 5.41) is 43.4. The summed E-state index contributed by atoms with van der Waals surface area (Å²) in [6, 6.07) is 21.4. The number of carbonyl (C=O) groups excluding carboxylic acids is 1. The van der Waals surface area contributed by atoms with Gasteiger partial charge in [-0.3, -0.25) is 9.59 Å². The van der Waals surface area contributed by atoms with Gasteiger partial charge in [0, 0.05) is 35.8 Å². The van der Waals surface area contributed by atoms with Crippen LogP contribution in [0.1, 0.15) is 55.3 Å². The number of nitrogens with zero attached hydrogens (tertiary/aromatic N) is 4. The van der Waals surface area contributed by atoms with Crippen LogP contribution in [-0.2, 0) is 25.7 Å². The molecule has 1 saturated heterocycles. The van der Waals surface area contributed by atoms with Gasteiger partial charge in [0.1, 0.15) is 5.75 Å². The van der Waals surface area contributed by atoms with E-state index in [1.54, 1.807) is 41.1 Å². The Labute approximate surface area is 258 Å². The number of anilines is 1. The van der Waals surface area contributed by atoms with Gasteiger partial charge in [-0.25, -0.2) is 0 Å². The number of amides is 1. The van der Waals surface area contributed by atoms with Crippen molar-refractivity contribution < 1.29 is 34.4 Å². The van der Waals surface area contributed by atoms with Crippen molar-refractivity contribution in [2.75, 3.05) is 11.1 Å². The maximum atomic E-state index is 12.2. The number of aliphatic carboxylic acids is 1. The number of rotatable bonds is 12. The summed E-state index contributed by atoms with van der Waals surface area (Å²) in [6.45, 7) is 2.02.